The molecule has 1 saturated heterocycles. The number of hydrogen-bond acceptors (Lipinski definition) is 11. The molecule has 1 aliphatic rings. The molecule has 0 saturated carbocycles. The highest BCUT2D eigenvalue weighted by molar-refractivity contribution is 7.88. The zero-order chi connectivity index (χ0) is 24.4. The van der Waals surface area contributed by atoms with Gasteiger partial charge in [0.1, 0.15) is 18.8 Å². The fourth-order valence-electron chi connectivity index (χ4n) is 2.71. The maximum atomic E-state index is 12.3. The van der Waals surface area contributed by atoms with Crippen LogP contribution in [0.2, 0.25) is 0 Å². The largest absolute Gasteiger partial charge is 0.468 e. The lowest BCUT2D eigenvalue weighted by molar-refractivity contribution is -0.149. The summed E-state index contributed by atoms with van der Waals surface area (Å²) in [6, 6.07) is 0. The number of ether oxygens (including phenoxy) is 6. The van der Waals surface area contributed by atoms with E-state index in [0.29, 0.717) is 13.2 Å². The standard InChI is InChI=1S/C20H34O11S/c1-14(2)8-27-10-16(11-28-12-17-13-30-20(3,4)31-17)29-9-15(21)7-18(19(22)25-5)32(23,24)26-6/h16-18H,1,7-13H2,2-6H3. The molecule has 0 aromatic heterocycles. The molecule has 12 heteroatoms. The summed E-state index contributed by atoms with van der Waals surface area (Å²) in [7, 11) is -2.37. The summed E-state index contributed by atoms with van der Waals surface area (Å²) in [6.45, 7) is 9.88. The third-order valence-electron chi connectivity index (χ3n) is 4.26. The Bertz CT molecular complexity index is 732. The third kappa shape index (κ3) is 10.5. The molecule has 0 spiro atoms. The van der Waals surface area contributed by atoms with Gasteiger partial charge in [-0.05, 0) is 20.8 Å². The molecule has 32 heavy (non-hydrogen) atoms. The SMILES string of the molecule is C=C(C)COCC(COCC1COC(C)(C)O1)OCC(=O)CC(C(=O)OC)S(=O)(=O)OC. The van der Waals surface area contributed by atoms with Crippen molar-refractivity contribution in [2.45, 2.75) is 50.4 Å². The van der Waals surface area contributed by atoms with Crippen molar-refractivity contribution in [1.82, 2.24) is 0 Å². The van der Waals surface area contributed by atoms with E-state index in [0.717, 1.165) is 19.8 Å². The number of ketones is 1. The summed E-state index contributed by atoms with van der Waals surface area (Å²) in [6.07, 6.45) is -1.50. The maximum absolute atomic E-state index is 12.3. The van der Waals surface area contributed by atoms with Crippen LogP contribution in [0.15, 0.2) is 12.2 Å². The van der Waals surface area contributed by atoms with Gasteiger partial charge in [-0.25, -0.2) is 0 Å². The Hall–Kier alpha value is -1.41. The summed E-state index contributed by atoms with van der Waals surface area (Å²) in [5.74, 6) is -2.38. The van der Waals surface area contributed by atoms with E-state index < -0.39 is 52.0 Å². The molecule has 0 N–H and O–H groups in total. The predicted octanol–water partition coefficient (Wildman–Crippen LogP) is 0.609. The van der Waals surface area contributed by atoms with Gasteiger partial charge in [-0.3, -0.25) is 13.8 Å². The Morgan fingerprint density at radius 3 is 2.34 bits per heavy atom. The average Bonchev–Trinajstić information content (AvgIpc) is 3.07. The van der Waals surface area contributed by atoms with E-state index in [2.05, 4.69) is 15.5 Å². The highest BCUT2D eigenvalue weighted by Crippen LogP contribution is 2.22. The topological polar surface area (TPSA) is 133 Å². The molecule has 0 radical (unpaired) electrons. The Labute approximate surface area is 189 Å². The Morgan fingerprint density at radius 1 is 1.16 bits per heavy atom. The molecule has 0 bridgehead atoms. The van der Waals surface area contributed by atoms with Gasteiger partial charge in [-0.1, -0.05) is 12.2 Å². The Kier molecular flexibility index (Phi) is 11.9. The van der Waals surface area contributed by atoms with Gasteiger partial charge in [0.25, 0.3) is 10.1 Å². The molecule has 186 valence electrons. The molecule has 1 rings (SSSR count). The van der Waals surface area contributed by atoms with Crippen molar-refractivity contribution in [2.75, 3.05) is 53.9 Å². The summed E-state index contributed by atoms with van der Waals surface area (Å²) < 4.78 is 60.4. The number of hydrogen-bond donors (Lipinski definition) is 0. The second-order valence-corrected chi connectivity index (χ2v) is 9.70. The molecule has 0 aliphatic carbocycles. The van der Waals surface area contributed by atoms with Crippen molar-refractivity contribution in [1.29, 1.82) is 0 Å². The number of esters is 1. The lowest BCUT2D eigenvalue weighted by Gasteiger charge is -2.20. The van der Waals surface area contributed by atoms with Gasteiger partial charge in [0, 0.05) is 6.42 Å². The fraction of sp³-hybridized carbons (Fsp3) is 0.800. The number of rotatable bonds is 16. The molecule has 0 aromatic rings. The van der Waals surface area contributed by atoms with E-state index in [4.69, 9.17) is 23.7 Å². The molecule has 1 heterocycles. The summed E-state index contributed by atoms with van der Waals surface area (Å²) in [4.78, 5) is 24.1. The minimum absolute atomic E-state index is 0.0978. The van der Waals surface area contributed by atoms with E-state index >= 15 is 0 Å². The second kappa shape index (κ2) is 13.3. The van der Waals surface area contributed by atoms with Crippen LogP contribution in [-0.4, -0.2) is 97.3 Å². The van der Waals surface area contributed by atoms with E-state index in [-0.39, 0.29) is 25.9 Å². The Morgan fingerprint density at radius 2 is 1.81 bits per heavy atom. The molecule has 11 nitrogen and oxygen atoms in total. The van der Waals surface area contributed by atoms with Crippen LogP contribution in [0.4, 0.5) is 0 Å². The normalized spacial score (nSPS) is 20.0. The monoisotopic (exact) mass is 482 g/mol. The van der Waals surface area contributed by atoms with Crippen LogP contribution in [-0.2, 0) is 52.3 Å². The highest BCUT2D eigenvalue weighted by Gasteiger charge is 2.36. The van der Waals surface area contributed by atoms with Crippen LogP contribution in [0.5, 0.6) is 0 Å². The fourth-order valence-corrected chi connectivity index (χ4v) is 3.67. The number of Topliss-reactive ketones (excluding diaryl/α,β-unsaturated/α-hetero) is 1. The molecular weight excluding hydrogens is 448 g/mol. The first-order chi connectivity index (χ1) is 14.9. The van der Waals surface area contributed by atoms with E-state index in [1.807, 2.05) is 0 Å². The zero-order valence-corrected chi connectivity index (χ0v) is 20.1. The van der Waals surface area contributed by atoms with Crippen LogP contribution in [0.3, 0.4) is 0 Å². The summed E-state index contributed by atoms with van der Waals surface area (Å²) >= 11 is 0. The summed E-state index contributed by atoms with van der Waals surface area (Å²) in [5, 5.41) is -1.77. The van der Waals surface area contributed by atoms with E-state index in [9.17, 15) is 18.0 Å². The van der Waals surface area contributed by atoms with E-state index in [1.54, 1.807) is 20.8 Å². The van der Waals surface area contributed by atoms with Crippen LogP contribution in [0, 0.1) is 0 Å². The number of methoxy groups -OCH3 is 1. The van der Waals surface area contributed by atoms with Crippen molar-refractivity contribution in [3.63, 3.8) is 0 Å². The van der Waals surface area contributed by atoms with Gasteiger partial charge < -0.3 is 28.4 Å². The molecule has 0 aromatic carbocycles. The lowest BCUT2D eigenvalue weighted by Crippen LogP contribution is -2.36. The first kappa shape index (κ1) is 28.6. The highest BCUT2D eigenvalue weighted by atomic mass is 32.2. The Balaban J connectivity index is 2.60. The number of carbonyl (C=O) groups is 2. The number of carbonyl (C=O) groups excluding carboxylic acids is 2. The van der Waals surface area contributed by atoms with Crippen LogP contribution >= 0.6 is 0 Å². The van der Waals surface area contributed by atoms with Gasteiger partial charge in [0.05, 0.1) is 47.3 Å². The maximum Gasteiger partial charge on any atom is 0.327 e. The van der Waals surface area contributed by atoms with Crippen LogP contribution in [0.25, 0.3) is 0 Å². The first-order valence-corrected chi connectivity index (χ1v) is 11.5. The first-order valence-electron chi connectivity index (χ1n) is 10.0. The van der Waals surface area contributed by atoms with Gasteiger partial charge in [0.2, 0.25) is 0 Å². The zero-order valence-electron chi connectivity index (χ0n) is 19.3. The predicted molar refractivity (Wildman–Crippen MR) is 112 cm³/mol. The lowest BCUT2D eigenvalue weighted by atomic mass is 10.2. The molecule has 3 atom stereocenters. The van der Waals surface area contributed by atoms with Gasteiger partial charge in [0.15, 0.2) is 16.8 Å². The molecule has 0 amide bonds. The van der Waals surface area contributed by atoms with Gasteiger partial charge in [-0.15, -0.1) is 0 Å². The second-order valence-electron chi connectivity index (χ2n) is 7.81. The van der Waals surface area contributed by atoms with Gasteiger partial charge in [-0.2, -0.15) is 8.42 Å². The molecule has 3 unspecified atom stereocenters. The quantitative estimate of drug-likeness (QED) is 0.174. The molecule has 1 fully saturated rings. The van der Waals surface area contributed by atoms with Crippen LogP contribution in [0.1, 0.15) is 27.2 Å². The minimum Gasteiger partial charge on any atom is -0.468 e. The summed E-state index contributed by atoms with van der Waals surface area (Å²) in [5.41, 5.74) is 0.810. The minimum atomic E-state index is -4.30. The van der Waals surface area contributed by atoms with Crippen molar-refractivity contribution < 1.29 is 50.6 Å². The molecular formula is C20H34O11S. The van der Waals surface area contributed by atoms with Crippen molar-refractivity contribution in [3.05, 3.63) is 12.2 Å². The van der Waals surface area contributed by atoms with Crippen molar-refractivity contribution >= 4 is 21.9 Å². The van der Waals surface area contributed by atoms with Crippen LogP contribution < -0.4 is 0 Å². The van der Waals surface area contributed by atoms with E-state index in [1.165, 1.54) is 0 Å². The molecule has 1 aliphatic heterocycles. The smallest absolute Gasteiger partial charge is 0.327 e. The van der Waals surface area contributed by atoms with Crippen molar-refractivity contribution in [3.8, 4) is 0 Å². The average molecular weight is 483 g/mol. The van der Waals surface area contributed by atoms with Gasteiger partial charge >= 0.3 is 5.97 Å². The van der Waals surface area contributed by atoms with Crippen molar-refractivity contribution in [2.24, 2.45) is 0 Å². The third-order valence-corrected chi connectivity index (χ3v) is 5.79.